The summed E-state index contributed by atoms with van der Waals surface area (Å²) in [5.74, 6) is 3.50. The second-order valence-electron chi connectivity index (χ2n) is 6.16. The van der Waals surface area contributed by atoms with Crippen LogP contribution in [0.2, 0.25) is 0 Å². The summed E-state index contributed by atoms with van der Waals surface area (Å²) in [5.41, 5.74) is 12.0. The van der Waals surface area contributed by atoms with Gasteiger partial charge in [-0.3, -0.25) is 4.79 Å². The van der Waals surface area contributed by atoms with E-state index in [-0.39, 0.29) is 5.69 Å². The van der Waals surface area contributed by atoms with Crippen LogP contribution in [0.25, 0.3) is 0 Å². The third-order valence-electron chi connectivity index (χ3n) is 5.22. The summed E-state index contributed by atoms with van der Waals surface area (Å²) in [6.07, 6.45) is 4.18. The fourth-order valence-electron chi connectivity index (χ4n) is 4.40. The van der Waals surface area contributed by atoms with Crippen molar-refractivity contribution in [2.45, 2.75) is 25.3 Å². The van der Waals surface area contributed by atoms with E-state index < -0.39 is 5.91 Å². The van der Waals surface area contributed by atoms with Gasteiger partial charge in [-0.05, 0) is 55.1 Å². The van der Waals surface area contributed by atoms with E-state index >= 15 is 0 Å². The number of pyridine rings is 1. The van der Waals surface area contributed by atoms with Gasteiger partial charge in [0.2, 0.25) is 0 Å². The van der Waals surface area contributed by atoms with E-state index in [2.05, 4.69) is 10.3 Å². The average Bonchev–Trinajstić information content (AvgIpc) is 2.79. The summed E-state index contributed by atoms with van der Waals surface area (Å²) < 4.78 is 0. The highest BCUT2D eigenvalue weighted by molar-refractivity contribution is 5.91. The lowest BCUT2D eigenvalue weighted by Gasteiger charge is -2.13. The number of carbonyl (C=O) groups is 1. The Morgan fingerprint density at radius 3 is 2.58 bits per heavy atom. The molecule has 1 aromatic rings. The first kappa shape index (κ1) is 11.1. The first-order valence-electron chi connectivity index (χ1n) is 6.98. The van der Waals surface area contributed by atoms with Gasteiger partial charge in [0.1, 0.15) is 11.5 Å². The van der Waals surface area contributed by atoms with E-state index in [1.54, 1.807) is 12.1 Å². The van der Waals surface area contributed by atoms with Crippen LogP contribution in [0.15, 0.2) is 12.1 Å². The summed E-state index contributed by atoms with van der Waals surface area (Å²) >= 11 is 0. The van der Waals surface area contributed by atoms with E-state index in [1.807, 2.05) is 0 Å². The molecule has 0 saturated heterocycles. The molecule has 0 aliphatic heterocycles. The molecule has 4 rings (SSSR count). The second kappa shape index (κ2) is 3.62. The Morgan fingerprint density at radius 1 is 1.26 bits per heavy atom. The number of amides is 1. The SMILES string of the molecule is NC(=O)c1ccc(N)c(NC2C3C4CCC(C4)C23)n1. The van der Waals surface area contributed by atoms with Gasteiger partial charge in [-0.15, -0.1) is 0 Å². The third-order valence-corrected chi connectivity index (χ3v) is 5.22. The molecule has 0 radical (unpaired) electrons. The monoisotopic (exact) mass is 258 g/mol. The van der Waals surface area contributed by atoms with Gasteiger partial charge in [-0.2, -0.15) is 0 Å². The zero-order valence-corrected chi connectivity index (χ0v) is 10.7. The zero-order valence-electron chi connectivity index (χ0n) is 10.7. The molecule has 1 amide bonds. The van der Waals surface area contributed by atoms with Crippen molar-refractivity contribution >= 4 is 17.4 Å². The van der Waals surface area contributed by atoms with Gasteiger partial charge in [-0.1, -0.05) is 0 Å². The van der Waals surface area contributed by atoms with Gasteiger partial charge in [0.05, 0.1) is 5.69 Å². The van der Waals surface area contributed by atoms with E-state index in [4.69, 9.17) is 11.5 Å². The number of nitrogens with zero attached hydrogens (tertiary/aromatic N) is 1. The summed E-state index contributed by atoms with van der Waals surface area (Å²) in [6, 6.07) is 3.77. The molecule has 3 fully saturated rings. The molecule has 3 aliphatic carbocycles. The molecule has 3 aliphatic rings. The number of aromatic nitrogens is 1. The van der Waals surface area contributed by atoms with Gasteiger partial charge >= 0.3 is 0 Å². The molecule has 1 heterocycles. The minimum atomic E-state index is -0.515. The van der Waals surface area contributed by atoms with Crippen LogP contribution in [-0.2, 0) is 0 Å². The number of fused-ring (bicyclic) bond motifs is 5. The molecule has 4 unspecified atom stereocenters. The Hall–Kier alpha value is -1.78. The number of nitrogen functional groups attached to an aromatic ring is 1. The van der Waals surface area contributed by atoms with Gasteiger partial charge in [0, 0.05) is 6.04 Å². The Morgan fingerprint density at radius 2 is 1.95 bits per heavy atom. The van der Waals surface area contributed by atoms with E-state index in [0.29, 0.717) is 17.5 Å². The van der Waals surface area contributed by atoms with Crippen LogP contribution in [-0.4, -0.2) is 16.9 Å². The first-order valence-corrected chi connectivity index (χ1v) is 6.98. The van der Waals surface area contributed by atoms with Crippen LogP contribution in [0.4, 0.5) is 11.5 Å². The highest BCUT2D eigenvalue weighted by atomic mass is 16.1. The van der Waals surface area contributed by atoms with Crippen LogP contribution >= 0.6 is 0 Å². The lowest BCUT2D eigenvalue weighted by molar-refractivity contribution is 0.0996. The van der Waals surface area contributed by atoms with Crippen LogP contribution in [0.3, 0.4) is 0 Å². The fourth-order valence-corrected chi connectivity index (χ4v) is 4.40. The lowest BCUT2D eigenvalue weighted by Crippen LogP contribution is -2.18. The fraction of sp³-hybridized carbons (Fsp3) is 0.571. The van der Waals surface area contributed by atoms with E-state index in [0.717, 1.165) is 23.7 Å². The van der Waals surface area contributed by atoms with Crippen molar-refractivity contribution in [1.82, 2.24) is 4.98 Å². The molecule has 3 saturated carbocycles. The molecule has 100 valence electrons. The Bertz CT molecular complexity index is 542. The van der Waals surface area contributed by atoms with Gasteiger partial charge in [0.15, 0.2) is 0 Å². The second-order valence-corrected chi connectivity index (χ2v) is 6.16. The molecule has 5 N–H and O–H groups in total. The number of rotatable bonds is 3. The topological polar surface area (TPSA) is 94.0 Å². The molecule has 0 aromatic carbocycles. The van der Waals surface area contributed by atoms with Gasteiger partial charge in [0.25, 0.3) is 5.91 Å². The Balaban J connectivity index is 1.55. The molecule has 4 atom stereocenters. The highest BCUT2D eigenvalue weighted by Crippen LogP contribution is 2.66. The standard InChI is InChI=1S/C14H18N4O/c15-8-3-4-9(13(16)19)17-14(8)18-12-10-6-1-2-7(5-6)11(10)12/h3-4,6-7,10-12H,1-2,5,15H2,(H2,16,19)(H,17,18). The van der Waals surface area contributed by atoms with Crippen molar-refractivity contribution in [3.8, 4) is 0 Å². The van der Waals surface area contributed by atoms with Crippen molar-refractivity contribution in [3.63, 3.8) is 0 Å². The zero-order chi connectivity index (χ0) is 13.1. The van der Waals surface area contributed by atoms with Crippen molar-refractivity contribution in [3.05, 3.63) is 17.8 Å². The summed E-state index contributed by atoms with van der Waals surface area (Å²) in [5, 5.41) is 3.44. The summed E-state index contributed by atoms with van der Waals surface area (Å²) in [4.78, 5) is 15.4. The number of primary amides is 1. The summed E-state index contributed by atoms with van der Waals surface area (Å²) in [7, 11) is 0. The maximum Gasteiger partial charge on any atom is 0.267 e. The first-order chi connectivity index (χ1) is 9.15. The van der Waals surface area contributed by atoms with E-state index in [9.17, 15) is 4.79 Å². The maximum atomic E-state index is 11.2. The molecule has 0 spiro atoms. The van der Waals surface area contributed by atoms with Crippen molar-refractivity contribution in [1.29, 1.82) is 0 Å². The third kappa shape index (κ3) is 1.54. The molecule has 2 bridgehead atoms. The molecule has 5 nitrogen and oxygen atoms in total. The van der Waals surface area contributed by atoms with Gasteiger partial charge in [-0.25, -0.2) is 4.98 Å². The lowest BCUT2D eigenvalue weighted by atomic mass is 10.0. The minimum Gasteiger partial charge on any atom is -0.396 e. The number of hydrogen-bond acceptors (Lipinski definition) is 4. The number of hydrogen-bond donors (Lipinski definition) is 3. The highest BCUT2D eigenvalue weighted by Gasteiger charge is 2.65. The predicted molar refractivity (Wildman–Crippen MR) is 72.4 cm³/mol. The van der Waals surface area contributed by atoms with Gasteiger partial charge < -0.3 is 16.8 Å². The van der Waals surface area contributed by atoms with Crippen molar-refractivity contribution in [2.75, 3.05) is 11.1 Å². The van der Waals surface area contributed by atoms with Crippen molar-refractivity contribution < 1.29 is 4.79 Å². The molecular formula is C14H18N4O. The average molecular weight is 258 g/mol. The van der Waals surface area contributed by atoms with Crippen LogP contribution in [0.1, 0.15) is 29.8 Å². The van der Waals surface area contributed by atoms with Crippen LogP contribution in [0.5, 0.6) is 0 Å². The summed E-state index contributed by atoms with van der Waals surface area (Å²) in [6.45, 7) is 0. The quantitative estimate of drug-likeness (QED) is 0.759. The maximum absolute atomic E-state index is 11.2. The smallest absolute Gasteiger partial charge is 0.267 e. The van der Waals surface area contributed by atoms with Crippen molar-refractivity contribution in [2.24, 2.45) is 29.4 Å². The van der Waals surface area contributed by atoms with E-state index in [1.165, 1.54) is 19.3 Å². The molecule has 1 aromatic heterocycles. The largest absolute Gasteiger partial charge is 0.396 e. The number of carbonyl (C=O) groups excluding carboxylic acids is 1. The van der Waals surface area contributed by atoms with Crippen LogP contribution < -0.4 is 16.8 Å². The minimum absolute atomic E-state index is 0.269. The number of anilines is 2. The predicted octanol–water partition coefficient (Wildman–Crippen LogP) is 1.22. The normalized spacial score (nSPS) is 38.0. The number of nitrogens with one attached hydrogen (secondary N) is 1. The molecule has 5 heteroatoms. The Labute approximate surface area is 111 Å². The molecular weight excluding hydrogens is 240 g/mol. The number of nitrogens with two attached hydrogens (primary N) is 2. The van der Waals surface area contributed by atoms with Crippen LogP contribution in [0, 0.1) is 23.7 Å². The Kier molecular flexibility index (Phi) is 2.11. The molecule has 19 heavy (non-hydrogen) atoms.